The molecule has 4 heterocycles. The predicted octanol–water partition coefficient (Wildman–Crippen LogP) is 12.0. The highest BCUT2D eigenvalue weighted by molar-refractivity contribution is 6.40. The fraction of sp³-hybridized carbons (Fsp3) is 0.247. The lowest BCUT2D eigenvalue weighted by atomic mass is 10.1. The maximum Gasteiger partial charge on any atom is 0.341 e. The summed E-state index contributed by atoms with van der Waals surface area (Å²) in [7, 11) is 0. The van der Waals surface area contributed by atoms with Crippen LogP contribution in [-0.4, -0.2) is 135 Å². The summed E-state index contributed by atoms with van der Waals surface area (Å²) in [5.74, 6) is -11.1. The summed E-state index contributed by atoms with van der Waals surface area (Å²) in [4.78, 5) is 205. The number of ether oxygens (including phenoxy) is 1. The minimum atomic E-state index is -1.58. The van der Waals surface area contributed by atoms with Crippen LogP contribution in [0.4, 0.5) is 17.1 Å². The number of carboxylic acid groups (broad SMARTS) is 3. The number of nitrogens with zero attached hydrogens (tertiary/aromatic N) is 4. The van der Waals surface area contributed by atoms with E-state index < -0.39 is 150 Å². The number of hydrogen-bond donors (Lipinski definition) is 9. The van der Waals surface area contributed by atoms with E-state index in [9.17, 15) is 92.0 Å². The second kappa shape index (κ2) is 46.9. The molecule has 0 unspecified atom stereocenters. The summed E-state index contributed by atoms with van der Waals surface area (Å²) in [6.07, 6.45) is 3.97. The number of halogens is 4. The van der Waals surface area contributed by atoms with Crippen molar-refractivity contribution in [3.8, 4) is 11.3 Å². The molecule has 124 heavy (non-hydrogen) atoms. The van der Waals surface area contributed by atoms with Crippen molar-refractivity contribution in [3.05, 3.63) is 303 Å². The van der Waals surface area contributed by atoms with Crippen molar-refractivity contribution in [2.45, 2.75) is 135 Å². The monoisotopic (exact) mass is 1770 g/mol. The number of oxazole rings is 1. The maximum atomic E-state index is 13.6. The van der Waals surface area contributed by atoms with Crippen LogP contribution in [0.1, 0.15) is 140 Å². The van der Waals surface area contributed by atoms with Gasteiger partial charge in [0.15, 0.2) is 23.9 Å². The average Bonchev–Trinajstić information content (AvgIpc) is 1.16. The van der Waals surface area contributed by atoms with E-state index in [-0.39, 0.29) is 91.5 Å². The number of carbonyl (C=O) groups excluding carboxylic acids is 10. The first-order valence-electron chi connectivity index (χ1n) is 38.6. The third-order valence-corrected chi connectivity index (χ3v) is 20.2. The van der Waals surface area contributed by atoms with Gasteiger partial charge in [-0.25, -0.2) is 9.78 Å². The molecule has 9 N–H and O–H groups in total. The van der Waals surface area contributed by atoms with Crippen molar-refractivity contribution in [3.63, 3.8) is 0 Å². The Hall–Kier alpha value is -13.8. The van der Waals surface area contributed by atoms with E-state index in [1.165, 1.54) is 92.5 Å². The molecule has 0 spiro atoms. The molecule has 10 rings (SSSR count). The fourth-order valence-electron chi connectivity index (χ4n) is 12.3. The van der Waals surface area contributed by atoms with Gasteiger partial charge in [-0.15, -0.1) is 0 Å². The summed E-state index contributed by atoms with van der Waals surface area (Å²) >= 11 is 24.3. The maximum absolute atomic E-state index is 13.6. The number of aliphatic carboxylic acids is 3. The second-order valence-corrected chi connectivity index (χ2v) is 29.5. The number of Topliss-reactive ketones (excluding diaryl/α,β-unsaturated/α-hetero) is 3. The molecule has 6 atom stereocenters. The number of anilines is 3. The molecule has 0 saturated heterocycles. The summed E-state index contributed by atoms with van der Waals surface area (Å²) < 4.78 is 13.9. The third-order valence-electron chi connectivity index (χ3n) is 19.0. The molecule has 31 nitrogen and oxygen atoms in total. The van der Waals surface area contributed by atoms with E-state index in [0.29, 0.717) is 31.4 Å². The Bertz CT molecular complexity index is 5690. The molecular formula is C89H86Cl4N10O21. The zero-order valence-electron chi connectivity index (χ0n) is 67.1. The minimum Gasteiger partial charge on any atom is -0.481 e. The zero-order valence-corrected chi connectivity index (χ0v) is 70.2. The number of rotatable bonds is 38. The van der Waals surface area contributed by atoms with Crippen LogP contribution in [0.15, 0.2) is 232 Å². The molecule has 0 aliphatic heterocycles. The number of carbonyl (C=O) groups is 13. The van der Waals surface area contributed by atoms with Gasteiger partial charge < -0.3 is 65.5 Å². The summed E-state index contributed by atoms with van der Waals surface area (Å²) in [6, 6.07) is 47.7. The number of benzene rings is 6. The van der Waals surface area contributed by atoms with Gasteiger partial charge >= 0.3 is 23.9 Å². The molecule has 6 amide bonds. The lowest BCUT2D eigenvalue weighted by Crippen LogP contribution is -2.47. The average molecular weight is 1770 g/mol. The van der Waals surface area contributed by atoms with Gasteiger partial charge in [-0.05, 0) is 123 Å². The van der Waals surface area contributed by atoms with Gasteiger partial charge in [0.05, 0.1) is 62.7 Å². The standard InChI is InChI=1S/C30H26Cl2N4O7.C30H33N3O6.C29H27Cl2N3O8/c1-17(36-14-6-11-21(30(36)42)34-24(37)13-12-18-7-3-2-4-8-18)28(41)35-22(15-25(38)39)27(40)29-33-16-23(43-29)26-19(31)9-5-10-20(26)32;1-3-26(34)25(19-28(36)37)32-29(38)20(2)33-23(18-22-12-8-5-9-13-22)15-16-24(30(33)39)31-27(35)17-14-21-10-6-4-7-11-21;1-17(34-14-6-11-21(28(34)40)32-24(36)13-12-18-7-3-2-4-8-18)27(39)33-22(15-25(37)38)23(35)16-42-29(41)26-19(30)9-5-10-20(26)31/h2-11,14,16-17,22H,12-13,15H2,1H3,(H,34,37)(H,35,41)(H,38,39);4-13,15-16,20,25H,3,14,17-19H2,1-2H3,(H,31,35)(H,32,38)(H,36,37);2-11,14,17,22H,12-13,15-16H2,1H3,(H,32,36)(H,33,39)(H,37,38)/t17-,22-;20-,25-;17-,22-/m000/s1. The highest BCUT2D eigenvalue weighted by Gasteiger charge is 2.34. The van der Waals surface area contributed by atoms with Gasteiger partial charge in [0.25, 0.3) is 22.6 Å². The van der Waals surface area contributed by atoms with Crippen molar-refractivity contribution < 1.29 is 86.8 Å². The quantitative estimate of drug-likeness (QED) is 0.0128. The normalized spacial score (nSPS) is 12.2. The van der Waals surface area contributed by atoms with Crippen molar-refractivity contribution in [2.24, 2.45) is 0 Å². The van der Waals surface area contributed by atoms with Gasteiger partial charge in [-0.3, -0.25) is 76.5 Å². The van der Waals surface area contributed by atoms with Crippen molar-refractivity contribution in [2.75, 3.05) is 22.6 Å². The largest absolute Gasteiger partial charge is 0.481 e. The van der Waals surface area contributed by atoms with Crippen LogP contribution in [0.3, 0.4) is 0 Å². The van der Waals surface area contributed by atoms with Crippen LogP contribution in [0.25, 0.3) is 11.3 Å². The third kappa shape index (κ3) is 28.2. The van der Waals surface area contributed by atoms with E-state index in [0.717, 1.165) is 31.4 Å². The highest BCUT2D eigenvalue weighted by atomic mass is 35.5. The molecule has 0 aliphatic carbocycles. The number of pyridine rings is 3. The number of aromatic nitrogens is 4. The first-order valence-corrected chi connectivity index (χ1v) is 40.1. The molecule has 0 radical (unpaired) electrons. The molecule has 10 aromatic rings. The molecule has 0 fully saturated rings. The number of amides is 6. The molecule has 0 aliphatic rings. The fourth-order valence-corrected chi connectivity index (χ4v) is 13.5. The lowest BCUT2D eigenvalue weighted by molar-refractivity contribution is -0.141. The molecular weight excluding hydrogens is 1690 g/mol. The summed E-state index contributed by atoms with van der Waals surface area (Å²) in [5.41, 5.74) is 2.47. The van der Waals surface area contributed by atoms with Crippen LogP contribution in [0.2, 0.25) is 20.1 Å². The van der Waals surface area contributed by atoms with E-state index in [1.807, 2.05) is 121 Å². The SMILES string of the molecule is CCC(=O)[C@H](CC(=O)O)NC(=O)[C@H](C)n1c(Cc2ccccc2)ccc(NC(=O)CCc2ccccc2)c1=O.C[C@@H](C(=O)N[C@@H](CC(=O)O)C(=O)COC(=O)c1c(Cl)cccc1Cl)n1cccc(NC(=O)CCc2ccccc2)c1=O.C[C@@H](C(=O)N[C@@H](CC(=O)O)C(=O)c1ncc(-c2c(Cl)cccc2Cl)o1)n1cccc(NC(=O)CCc2ccccc2)c1=O. The van der Waals surface area contributed by atoms with Crippen molar-refractivity contribution in [1.82, 2.24) is 34.6 Å². The van der Waals surface area contributed by atoms with Crippen molar-refractivity contribution >= 4 is 140 Å². The van der Waals surface area contributed by atoms with Crippen LogP contribution >= 0.6 is 46.4 Å². The minimum absolute atomic E-state index is 0.00998. The Morgan fingerprint density at radius 3 is 1.23 bits per heavy atom. The van der Waals surface area contributed by atoms with Gasteiger partial charge in [-0.1, -0.05) is 187 Å². The number of ketones is 3. The predicted molar refractivity (Wildman–Crippen MR) is 462 cm³/mol. The Morgan fingerprint density at radius 2 is 0.815 bits per heavy atom. The van der Waals surface area contributed by atoms with Crippen LogP contribution in [-0.2, 0) is 83.2 Å². The zero-order chi connectivity index (χ0) is 90.3. The first-order chi connectivity index (χ1) is 59.2. The van der Waals surface area contributed by atoms with Crippen molar-refractivity contribution in [1.29, 1.82) is 0 Å². The van der Waals surface area contributed by atoms with Gasteiger partial charge in [0, 0.05) is 50.2 Å². The highest BCUT2D eigenvalue weighted by Crippen LogP contribution is 2.35. The molecule has 6 aromatic carbocycles. The first kappa shape index (κ1) is 95.7. The Kier molecular flexibility index (Phi) is 36.2. The number of nitrogens with one attached hydrogen (secondary N) is 6. The van der Waals surface area contributed by atoms with Gasteiger partial charge in [0.2, 0.25) is 41.2 Å². The number of carboxylic acids is 3. The molecule has 646 valence electrons. The Balaban J connectivity index is 0.000000231. The van der Waals surface area contributed by atoms with Gasteiger partial charge in [0.1, 0.15) is 47.3 Å². The molecule has 0 saturated carbocycles. The van der Waals surface area contributed by atoms with Crippen LogP contribution < -0.4 is 48.6 Å². The summed E-state index contributed by atoms with van der Waals surface area (Å²) in [5, 5.41) is 43.3. The number of esters is 1. The molecule has 35 heteroatoms. The van der Waals surface area contributed by atoms with Gasteiger partial charge in [-0.2, -0.15) is 0 Å². The number of aryl methyl sites for hydroxylation is 3. The Morgan fingerprint density at radius 1 is 0.435 bits per heavy atom. The smallest absolute Gasteiger partial charge is 0.341 e. The van der Waals surface area contributed by atoms with E-state index in [1.54, 1.807) is 31.2 Å². The van der Waals surface area contributed by atoms with E-state index in [2.05, 4.69) is 36.9 Å². The molecule has 4 aromatic heterocycles. The van der Waals surface area contributed by atoms with E-state index >= 15 is 0 Å². The lowest BCUT2D eigenvalue weighted by Gasteiger charge is -2.23. The topological polar surface area (TPSA) is 456 Å². The summed E-state index contributed by atoms with van der Waals surface area (Å²) in [6.45, 7) is 4.96. The Labute approximate surface area is 729 Å². The van der Waals surface area contributed by atoms with Crippen LogP contribution in [0.5, 0.6) is 0 Å². The number of hydrogen-bond acceptors (Lipinski definition) is 19. The molecule has 0 bridgehead atoms. The van der Waals surface area contributed by atoms with E-state index in [4.69, 9.17) is 55.6 Å². The van der Waals surface area contributed by atoms with Crippen LogP contribution in [0, 0.1) is 0 Å². The second-order valence-electron chi connectivity index (χ2n) is 27.9.